The van der Waals surface area contributed by atoms with E-state index in [9.17, 15) is 9.59 Å². The number of allylic oxidation sites excluding steroid dienone is 1. The zero-order chi connectivity index (χ0) is 19.0. The topological polar surface area (TPSA) is 66.1 Å². The summed E-state index contributed by atoms with van der Waals surface area (Å²) in [5.41, 5.74) is 3.31. The predicted octanol–water partition coefficient (Wildman–Crippen LogP) is 3.01. The Morgan fingerprint density at radius 2 is 1.93 bits per heavy atom. The maximum Gasteiger partial charge on any atom is 0.253 e. The summed E-state index contributed by atoms with van der Waals surface area (Å²) in [7, 11) is 0. The lowest BCUT2D eigenvalue weighted by Crippen LogP contribution is -2.49. The van der Waals surface area contributed by atoms with Crippen molar-refractivity contribution < 1.29 is 4.79 Å². The molecule has 2 atom stereocenters. The lowest BCUT2D eigenvalue weighted by Gasteiger charge is -2.43. The molecule has 2 aliphatic rings. The molecule has 1 aromatic carbocycles. The van der Waals surface area contributed by atoms with Crippen LogP contribution in [0.15, 0.2) is 47.3 Å². The first-order chi connectivity index (χ1) is 13.1. The Morgan fingerprint density at radius 3 is 2.63 bits per heavy atom. The normalized spacial score (nSPS) is 21.0. The number of benzene rings is 1. The van der Waals surface area contributed by atoms with E-state index < -0.39 is 0 Å². The van der Waals surface area contributed by atoms with Gasteiger partial charge in [-0.05, 0) is 55.2 Å². The first-order valence-corrected chi connectivity index (χ1v) is 9.26. The molecular formula is C22H21N3O2. The highest BCUT2D eigenvalue weighted by molar-refractivity contribution is 5.94. The standard InChI is InChI=1S/C22H21N3O2/c1-2-3-17-8-9-20(26)25-13-16-10-19(21(17)25)14-24(12-16)22(27)18-6-4-15(11-23)5-7-18/h2-9,16,19H,10,12-14H2,1H3/b3-2+/t16-,19+/m0/s1. The average molecular weight is 359 g/mol. The van der Waals surface area contributed by atoms with Gasteiger partial charge in [0.25, 0.3) is 11.5 Å². The summed E-state index contributed by atoms with van der Waals surface area (Å²) in [5.74, 6) is 0.450. The van der Waals surface area contributed by atoms with Crippen molar-refractivity contribution in [3.63, 3.8) is 0 Å². The van der Waals surface area contributed by atoms with Gasteiger partial charge in [0.2, 0.25) is 0 Å². The minimum atomic E-state index is -0.00602. The van der Waals surface area contributed by atoms with Crippen molar-refractivity contribution in [3.8, 4) is 6.07 Å². The van der Waals surface area contributed by atoms with Gasteiger partial charge >= 0.3 is 0 Å². The van der Waals surface area contributed by atoms with Gasteiger partial charge in [-0.3, -0.25) is 9.59 Å². The number of hydrogen-bond acceptors (Lipinski definition) is 3. The monoisotopic (exact) mass is 359 g/mol. The number of nitrogens with zero attached hydrogens (tertiary/aromatic N) is 3. The Kier molecular flexibility index (Phi) is 4.41. The molecule has 3 heterocycles. The molecular weight excluding hydrogens is 338 g/mol. The number of carbonyl (C=O) groups excluding carboxylic acids is 1. The second-order valence-electron chi connectivity index (χ2n) is 7.32. The molecule has 1 amide bonds. The van der Waals surface area contributed by atoms with Gasteiger partial charge in [0.15, 0.2) is 0 Å². The van der Waals surface area contributed by atoms with Crippen LogP contribution in [0.4, 0.5) is 0 Å². The fourth-order valence-electron chi connectivity index (χ4n) is 4.40. The maximum atomic E-state index is 13.0. The summed E-state index contributed by atoms with van der Waals surface area (Å²) in [5, 5.41) is 8.93. The predicted molar refractivity (Wildman–Crippen MR) is 103 cm³/mol. The smallest absolute Gasteiger partial charge is 0.253 e. The van der Waals surface area contributed by atoms with E-state index in [1.165, 1.54) is 0 Å². The zero-order valence-corrected chi connectivity index (χ0v) is 15.3. The van der Waals surface area contributed by atoms with Crippen molar-refractivity contribution in [1.29, 1.82) is 5.26 Å². The number of fused-ring (bicyclic) bond motifs is 4. The second-order valence-corrected chi connectivity index (χ2v) is 7.32. The Hall–Kier alpha value is -3.13. The molecule has 2 aromatic rings. The molecule has 0 saturated carbocycles. The lowest BCUT2D eigenvalue weighted by molar-refractivity contribution is 0.0594. The Labute approximate surface area is 158 Å². The van der Waals surface area contributed by atoms with Gasteiger partial charge in [0.05, 0.1) is 11.6 Å². The van der Waals surface area contributed by atoms with Gasteiger partial charge in [-0.1, -0.05) is 12.2 Å². The number of carbonyl (C=O) groups is 1. The molecule has 5 nitrogen and oxygen atoms in total. The molecule has 2 bridgehead atoms. The van der Waals surface area contributed by atoms with Crippen molar-refractivity contribution in [2.24, 2.45) is 5.92 Å². The van der Waals surface area contributed by atoms with Crippen molar-refractivity contribution in [2.75, 3.05) is 13.1 Å². The van der Waals surface area contributed by atoms with E-state index in [-0.39, 0.29) is 23.3 Å². The molecule has 0 aliphatic carbocycles. The highest BCUT2D eigenvalue weighted by atomic mass is 16.2. The Balaban J connectivity index is 1.66. The third kappa shape index (κ3) is 3.08. The zero-order valence-electron chi connectivity index (χ0n) is 15.3. The van der Waals surface area contributed by atoms with Gasteiger partial charge in [-0.2, -0.15) is 5.26 Å². The molecule has 0 N–H and O–H groups in total. The van der Waals surface area contributed by atoms with Crippen LogP contribution in [-0.2, 0) is 6.54 Å². The van der Waals surface area contributed by atoms with Crippen molar-refractivity contribution in [2.45, 2.75) is 25.8 Å². The maximum absolute atomic E-state index is 13.0. The fourth-order valence-corrected chi connectivity index (χ4v) is 4.40. The number of likely N-dealkylation sites (tertiary alicyclic amines) is 1. The van der Waals surface area contributed by atoms with Gasteiger partial charge in [0, 0.05) is 42.9 Å². The van der Waals surface area contributed by atoms with Crippen molar-refractivity contribution in [1.82, 2.24) is 9.47 Å². The molecule has 5 heteroatoms. The lowest BCUT2D eigenvalue weighted by atomic mass is 9.81. The van der Waals surface area contributed by atoms with Crippen LogP contribution in [0.3, 0.4) is 0 Å². The number of pyridine rings is 1. The third-order valence-electron chi connectivity index (χ3n) is 5.52. The molecule has 136 valence electrons. The van der Waals surface area contributed by atoms with E-state index in [1.54, 1.807) is 30.3 Å². The highest BCUT2D eigenvalue weighted by Gasteiger charge is 2.37. The van der Waals surface area contributed by atoms with Crippen LogP contribution in [0.2, 0.25) is 0 Å². The largest absolute Gasteiger partial charge is 0.338 e. The molecule has 27 heavy (non-hydrogen) atoms. The summed E-state index contributed by atoms with van der Waals surface area (Å²) in [6, 6.07) is 12.4. The molecule has 0 unspecified atom stereocenters. The third-order valence-corrected chi connectivity index (χ3v) is 5.52. The first kappa shape index (κ1) is 17.3. The van der Waals surface area contributed by atoms with Crippen molar-refractivity contribution in [3.05, 3.63) is 75.2 Å². The Morgan fingerprint density at radius 1 is 1.15 bits per heavy atom. The van der Waals surface area contributed by atoms with Crippen LogP contribution in [0.25, 0.3) is 6.08 Å². The number of rotatable bonds is 2. The van der Waals surface area contributed by atoms with Crippen LogP contribution in [0, 0.1) is 17.2 Å². The van der Waals surface area contributed by atoms with Crippen LogP contribution < -0.4 is 5.56 Å². The summed E-state index contributed by atoms with van der Waals surface area (Å²) in [6.45, 7) is 3.90. The summed E-state index contributed by atoms with van der Waals surface area (Å²) in [6.07, 6.45) is 5.02. The van der Waals surface area contributed by atoms with Gasteiger partial charge in [-0.15, -0.1) is 0 Å². The quantitative estimate of drug-likeness (QED) is 0.828. The van der Waals surface area contributed by atoms with E-state index in [2.05, 4.69) is 6.07 Å². The summed E-state index contributed by atoms with van der Waals surface area (Å²) >= 11 is 0. The highest BCUT2D eigenvalue weighted by Crippen LogP contribution is 2.37. The molecule has 1 fully saturated rings. The first-order valence-electron chi connectivity index (χ1n) is 9.26. The fraction of sp³-hybridized carbons (Fsp3) is 0.318. The van der Waals surface area contributed by atoms with Gasteiger partial charge in [-0.25, -0.2) is 0 Å². The van der Waals surface area contributed by atoms with Crippen LogP contribution in [-0.4, -0.2) is 28.5 Å². The molecule has 1 saturated heterocycles. The second kappa shape index (κ2) is 6.88. The molecule has 4 rings (SSSR count). The molecule has 0 spiro atoms. The number of hydrogen-bond donors (Lipinski definition) is 0. The molecule has 2 aliphatic heterocycles. The average Bonchev–Trinajstić information content (AvgIpc) is 2.69. The molecule has 1 aromatic heterocycles. The minimum Gasteiger partial charge on any atom is -0.338 e. The van der Waals surface area contributed by atoms with Crippen LogP contribution >= 0.6 is 0 Å². The van der Waals surface area contributed by atoms with E-state index in [1.807, 2.05) is 34.6 Å². The van der Waals surface area contributed by atoms with Gasteiger partial charge in [0.1, 0.15) is 0 Å². The van der Waals surface area contributed by atoms with E-state index >= 15 is 0 Å². The van der Waals surface area contributed by atoms with Crippen LogP contribution in [0.1, 0.15) is 46.4 Å². The summed E-state index contributed by atoms with van der Waals surface area (Å²) < 4.78 is 1.90. The van der Waals surface area contributed by atoms with E-state index in [4.69, 9.17) is 5.26 Å². The number of amides is 1. The van der Waals surface area contributed by atoms with E-state index in [0.717, 1.165) is 17.7 Å². The number of piperidine rings is 1. The SMILES string of the molecule is C/C=C/c1ccc(=O)n2c1[C@@H]1C[C@@H](CN(C(=O)c3ccc(C#N)cc3)C1)C2. The van der Waals surface area contributed by atoms with Crippen LogP contribution in [0.5, 0.6) is 0 Å². The Bertz CT molecular complexity index is 1010. The minimum absolute atomic E-state index is 0.00602. The summed E-state index contributed by atoms with van der Waals surface area (Å²) in [4.78, 5) is 27.3. The van der Waals surface area contributed by atoms with Gasteiger partial charge < -0.3 is 9.47 Å². The van der Waals surface area contributed by atoms with Crippen molar-refractivity contribution >= 4 is 12.0 Å². The number of aromatic nitrogens is 1. The number of nitriles is 1. The van der Waals surface area contributed by atoms with E-state index in [0.29, 0.717) is 30.8 Å². The molecule has 0 radical (unpaired) electrons.